The molecule has 1 fully saturated rings. The molecule has 2 rings (SSSR count). The highest BCUT2D eigenvalue weighted by Gasteiger charge is 2.31. The summed E-state index contributed by atoms with van der Waals surface area (Å²) in [5.41, 5.74) is -0.0172. The Labute approximate surface area is 124 Å². The van der Waals surface area contributed by atoms with Gasteiger partial charge in [-0.25, -0.2) is 13.2 Å². The predicted octanol–water partition coefficient (Wildman–Crippen LogP) is 1.01. The van der Waals surface area contributed by atoms with Crippen molar-refractivity contribution in [1.29, 1.82) is 0 Å². The fourth-order valence-corrected chi connectivity index (χ4v) is 3.87. The van der Waals surface area contributed by atoms with Gasteiger partial charge in [-0.2, -0.15) is 4.31 Å². The molecule has 1 atom stereocenters. The lowest BCUT2D eigenvalue weighted by Gasteiger charge is -2.31. The van der Waals surface area contributed by atoms with E-state index in [4.69, 9.17) is 9.84 Å². The quantitative estimate of drug-likeness (QED) is 0.875. The molecule has 1 aromatic rings. The lowest BCUT2D eigenvalue weighted by atomic mass is 10.2. The average Bonchev–Trinajstić information content (AvgIpc) is 2.92. The number of ether oxygens (including phenoxy) is 1. The number of carbonyl (C=O) groups is 1. The number of morpholine rings is 1. The number of aromatic nitrogens is 1. The summed E-state index contributed by atoms with van der Waals surface area (Å²) in [6.45, 7) is 5.06. The molecule has 0 spiro atoms. The Morgan fingerprint density at radius 2 is 2.19 bits per heavy atom. The molecule has 7 nitrogen and oxygen atoms in total. The second-order valence-corrected chi connectivity index (χ2v) is 6.85. The number of aryl methyl sites for hydroxylation is 1. The number of hydrogen-bond acceptors (Lipinski definition) is 4. The third kappa shape index (κ3) is 3.12. The molecule has 1 N–H and O–H groups in total. The molecule has 0 aromatic carbocycles. The number of carboxylic acid groups (broad SMARTS) is 1. The first-order valence-electron chi connectivity index (χ1n) is 6.95. The number of carboxylic acids is 1. The molecule has 0 aliphatic carbocycles. The van der Waals surface area contributed by atoms with E-state index in [2.05, 4.69) is 0 Å². The maximum Gasteiger partial charge on any atom is 0.352 e. The van der Waals surface area contributed by atoms with Crippen molar-refractivity contribution in [2.45, 2.75) is 37.8 Å². The Kier molecular flexibility index (Phi) is 4.70. The lowest BCUT2D eigenvalue weighted by Crippen LogP contribution is -2.45. The molecule has 1 aliphatic rings. The van der Waals surface area contributed by atoms with Crippen molar-refractivity contribution in [2.75, 3.05) is 19.7 Å². The van der Waals surface area contributed by atoms with Gasteiger partial charge in [0.25, 0.3) is 0 Å². The molecule has 2 heterocycles. The van der Waals surface area contributed by atoms with Gasteiger partial charge >= 0.3 is 5.97 Å². The molecule has 1 unspecified atom stereocenters. The van der Waals surface area contributed by atoms with Crippen LogP contribution in [0.2, 0.25) is 0 Å². The largest absolute Gasteiger partial charge is 0.477 e. The minimum Gasteiger partial charge on any atom is -0.477 e. The Balaban J connectivity index is 2.33. The van der Waals surface area contributed by atoms with Crippen molar-refractivity contribution in [3.63, 3.8) is 0 Å². The molecule has 21 heavy (non-hydrogen) atoms. The molecule has 0 amide bonds. The topological polar surface area (TPSA) is 88.8 Å². The van der Waals surface area contributed by atoms with E-state index in [0.717, 1.165) is 6.42 Å². The molecule has 1 aliphatic heterocycles. The highest BCUT2D eigenvalue weighted by molar-refractivity contribution is 7.89. The first-order valence-corrected chi connectivity index (χ1v) is 8.39. The van der Waals surface area contributed by atoms with E-state index < -0.39 is 16.0 Å². The number of sulfonamides is 1. The maximum absolute atomic E-state index is 12.6. The van der Waals surface area contributed by atoms with Crippen molar-refractivity contribution in [1.82, 2.24) is 8.87 Å². The zero-order valence-corrected chi connectivity index (χ0v) is 13.0. The van der Waals surface area contributed by atoms with Crippen LogP contribution in [0.5, 0.6) is 0 Å². The van der Waals surface area contributed by atoms with E-state index in [1.165, 1.54) is 21.1 Å². The zero-order chi connectivity index (χ0) is 15.6. The van der Waals surface area contributed by atoms with E-state index in [1.807, 2.05) is 6.92 Å². The van der Waals surface area contributed by atoms with E-state index in [9.17, 15) is 13.2 Å². The summed E-state index contributed by atoms with van der Waals surface area (Å²) in [6.07, 6.45) is 2.01. The van der Waals surface area contributed by atoms with Gasteiger partial charge in [0, 0.05) is 25.8 Å². The Bertz CT molecular complexity index is 623. The fraction of sp³-hybridized carbons (Fsp3) is 0.615. The fourth-order valence-electron chi connectivity index (χ4n) is 2.37. The molecular formula is C13H20N2O5S. The molecule has 8 heteroatoms. The van der Waals surface area contributed by atoms with E-state index >= 15 is 0 Å². The number of nitrogens with zero attached hydrogens (tertiary/aromatic N) is 2. The summed E-state index contributed by atoms with van der Waals surface area (Å²) in [5.74, 6) is -1.13. The van der Waals surface area contributed by atoms with E-state index in [1.54, 1.807) is 6.92 Å². The predicted molar refractivity (Wildman–Crippen MR) is 75.9 cm³/mol. The summed E-state index contributed by atoms with van der Waals surface area (Å²) in [5, 5.41) is 9.12. The maximum atomic E-state index is 12.6. The van der Waals surface area contributed by atoms with Crippen molar-refractivity contribution in [2.24, 2.45) is 0 Å². The zero-order valence-electron chi connectivity index (χ0n) is 12.2. The van der Waals surface area contributed by atoms with Crippen molar-refractivity contribution in [3.05, 3.63) is 18.0 Å². The van der Waals surface area contributed by atoms with Crippen LogP contribution in [0.3, 0.4) is 0 Å². The smallest absolute Gasteiger partial charge is 0.352 e. The average molecular weight is 316 g/mol. The van der Waals surface area contributed by atoms with Gasteiger partial charge in [-0.15, -0.1) is 0 Å². The second-order valence-electron chi connectivity index (χ2n) is 4.92. The van der Waals surface area contributed by atoms with Crippen LogP contribution in [0.15, 0.2) is 17.2 Å². The highest BCUT2D eigenvalue weighted by atomic mass is 32.2. The van der Waals surface area contributed by atoms with Crippen LogP contribution in [0.4, 0.5) is 0 Å². The Morgan fingerprint density at radius 1 is 1.48 bits per heavy atom. The minimum atomic E-state index is -3.68. The Hall–Kier alpha value is -1.38. The van der Waals surface area contributed by atoms with Crippen LogP contribution in [-0.2, 0) is 21.3 Å². The van der Waals surface area contributed by atoms with Crippen LogP contribution in [-0.4, -0.2) is 54.2 Å². The van der Waals surface area contributed by atoms with Gasteiger partial charge in [0.05, 0.1) is 12.7 Å². The summed E-state index contributed by atoms with van der Waals surface area (Å²) >= 11 is 0. The molecule has 0 saturated carbocycles. The summed E-state index contributed by atoms with van der Waals surface area (Å²) in [7, 11) is -3.68. The minimum absolute atomic E-state index is 0.0172. The summed E-state index contributed by atoms with van der Waals surface area (Å²) in [6, 6.07) is 1.22. The second kappa shape index (κ2) is 6.17. The first-order chi connectivity index (χ1) is 9.90. The van der Waals surface area contributed by atoms with Crippen molar-refractivity contribution < 1.29 is 23.1 Å². The molecule has 0 radical (unpaired) electrons. The van der Waals surface area contributed by atoms with E-state index in [-0.39, 0.29) is 16.7 Å². The van der Waals surface area contributed by atoms with Gasteiger partial charge in [0.1, 0.15) is 10.6 Å². The SMILES string of the molecule is CCC1CN(S(=O)(=O)c2cc(C(=O)O)n(CC)c2)CCO1. The van der Waals surface area contributed by atoms with Gasteiger partial charge in [-0.1, -0.05) is 6.92 Å². The number of rotatable bonds is 5. The van der Waals surface area contributed by atoms with Crippen molar-refractivity contribution in [3.8, 4) is 0 Å². The van der Waals surface area contributed by atoms with Gasteiger partial charge < -0.3 is 14.4 Å². The van der Waals surface area contributed by atoms with Crippen molar-refractivity contribution >= 4 is 16.0 Å². The number of hydrogen-bond donors (Lipinski definition) is 1. The molecule has 0 bridgehead atoms. The standard InChI is InChI=1S/C13H20N2O5S/c1-3-10-8-15(5-6-20-10)21(18,19)11-7-12(13(16)17)14(4-2)9-11/h7,9-10H,3-6,8H2,1-2H3,(H,16,17). The first kappa shape index (κ1) is 16.0. The van der Waals surface area contributed by atoms with Crippen LogP contribution in [0.25, 0.3) is 0 Å². The third-order valence-electron chi connectivity index (χ3n) is 3.63. The van der Waals surface area contributed by atoms with Crippen LogP contribution in [0.1, 0.15) is 30.8 Å². The van der Waals surface area contributed by atoms with E-state index in [0.29, 0.717) is 26.2 Å². The van der Waals surface area contributed by atoms with Crippen LogP contribution >= 0.6 is 0 Å². The van der Waals surface area contributed by atoms with Gasteiger partial charge in [0.2, 0.25) is 10.0 Å². The molecule has 1 aromatic heterocycles. The highest BCUT2D eigenvalue weighted by Crippen LogP contribution is 2.22. The normalized spacial score (nSPS) is 20.6. The summed E-state index contributed by atoms with van der Waals surface area (Å²) in [4.78, 5) is 11.2. The van der Waals surface area contributed by atoms with Gasteiger partial charge in [-0.05, 0) is 19.4 Å². The summed E-state index contributed by atoms with van der Waals surface area (Å²) < 4.78 is 33.5. The lowest BCUT2D eigenvalue weighted by molar-refractivity contribution is -0.00278. The third-order valence-corrected chi connectivity index (χ3v) is 5.46. The van der Waals surface area contributed by atoms with Gasteiger partial charge in [0.15, 0.2) is 0 Å². The number of aromatic carboxylic acids is 1. The molecular weight excluding hydrogens is 296 g/mol. The van der Waals surface area contributed by atoms with Gasteiger partial charge in [-0.3, -0.25) is 0 Å². The molecule has 1 saturated heterocycles. The molecule has 118 valence electrons. The monoisotopic (exact) mass is 316 g/mol. The van der Waals surface area contributed by atoms with Crippen LogP contribution < -0.4 is 0 Å². The van der Waals surface area contributed by atoms with Crippen LogP contribution in [0, 0.1) is 0 Å². The Morgan fingerprint density at radius 3 is 2.71 bits per heavy atom.